The minimum absolute atomic E-state index is 0.183. The van der Waals surface area contributed by atoms with Gasteiger partial charge in [-0.05, 0) is 36.6 Å². The number of nitrogens with one attached hydrogen (secondary N) is 1. The van der Waals surface area contributed by atoms with Crippen LogP contribution in [0.15, 0.2) is 59.0 Å². The van der Waals surface area contributed by atoms with Crippen LogP contribution in [0, 0.1) is 0 Å². The maximum absolute atomic E-state index is 12.4. The van der Waals surface area contributed by atoms with E-state index >= 15 is 0 Å². The van der Waals surface area contributed by atoms with Crippen molar-refractivity contribution >= 4 is 39.2 Å². The highest BCUT2D eigenvalue weighted by Crippen LogP contribution is 2.25. The number of thiophene rings is 1. The number of hydrazone groups is 1. The Hall–Kier alpha value is -2.66. The molecule has 1 amide bonds. The van der Waals surface area contributed by atoms with Gasteiger partial charge >= 0.3 is 0 Å². The third kappa shape index (κ3) is 4.74. The molecule has 0 atom stereocenters. The molecule has 1 heterocycles. The number of hydrogen-bond acceptors (Lipinski definition) is 4. The summed E-state index contributed by atoms with van der Waals surface area (Å²) in [6.07, 6.45) is 3.94. The number of rotatable bonds is 8. The van der Waals surface area contributed by atoms with E-state index in [-0.39, 0.29) is 5.91 Å². The Morgan fingerprint density at radius 3 is 2.48 bits per heavy atom. The van der Waals surface area contributed by atoms with Gasteiger partial charge in [0.2, 0.25) is 0 Å². The summed E-state index contributed by atoms with van der Waals surface area (Å²) in [4.78, 5) is 14.8. The predicted molar refractivity (Wildman–Crippen MR) is 116 cm³/mol. The monoisotopic (exact) mass is 379 g/mol. The van der Waals surface area contributed by atoms with Gasteiger partial charge in [-0.2, -0.15) is 5.10 Å². The van der Waals surface area contributed by atoms with E-state index in [1.54, 1.807) is 17.6 Å². The van der Waals surface area contributed by atoms with Crippen LogP contribution in [-0.4, -0.2) is 25.2 Å². The molecule has 0 aliphatic carbocycles. The van der Waals surface area contributed by atoms with Crippen molar-refractivity contribution in [3.8, 4) is 0 Å². The fraction of sp³-hybridized carbons (Fsp3) is 0.273. The highest BCUT2D eigenvalue weighted by molar-refractivity contribution is 7.17. The predicted octanol–water partition coefficient (Wildman–Crippen LogP) is 5.29. The van der Waals surface area contributed by atoms with Gasteiger partial charge < -0.3 is 4.90 Å². The fourth-order valence-electron chi connectivity index (χ4n) is 3.06. The molecule has 0 saturated heterocycles. The van der Waals surface area contributed by atoms with Crippen molar-refractivity contribution < 1.29 is 4.79 Å². The second-order valence-corrected chi connectivity index (χ2v) is 7.33. The smallest absolute Gasteiger partial charge is 0.272 e. The van der Waals surface area contributed by atoms with Gasteiger partial charge in [-0.25, -0.2) is 5.43 Å². The van der Waals surface area contributed by atoms with Gasteiger partial charge in [-0.1, -0.05) is 44.2 Å². The zero-order valence-corrected chi connectivity index (χ0v) is 16.6. The SMILES string of the molecule is CCCN(CCC)c1ccc(/C=N/NC(=O)c2csc3ccccc23)cc1. The molecule has 0 radical (unpaired) electrons. The largest absolute Gasteiger partial charge is 0.372 e. The van der Waals surface area contributed by atoms with Crippen molar-refractivity contribution in [3.05, 3.63) is 65.0 Å². The molecule has 0 fully saturated rings. The van der Waals surface area contributed by atoms with Crippen LogP contribution < -0.4 is 10.3 Å². The van der Waals surface area contributed by atoms with Crippen LogP contribution in [0.2, 0.25) is 0 Å². The molecule has 0 saturated carbocycles. The summed E-state index contributed by atoms with van der Waals surface area (Å²) in [5, 5.41) is 6.96. The Morgan fingerprint density at radius 1 is 1.07 bits per heavy atom. The van der Waals surface area contributed by atoms with Crippen molar-refractivity contribution in [1.82, 2.24) is 5.43 Å². The Balaban J connectivity index is 1.63. The van der Waals surface area contributed by atoms with Crippen molar-refractivity contribution in [3.63, 3.8) is 0 Å². The summed E-state index contributed by atoms with van der Waals surface area (Å²) in [7, 11) is 0. The molecule has 5 heteroatoms. The van der Waals surface area contributed by atoms with Gasteiger partial charge in [0.25, 0.3) is 5.91 Å². The van der Waals surface area contributed by atoms with Gasteiger partial charge in [-0.3, -0.25) is 4.79 Å². The minimum Gasteiger partial charge on any atom is -0.372 e. The first kappa shape index (κ1) is 19.1. The van der Waals surface area contributed by atoms with Gasteiger partial charge in [0.1, 0.15) is 0 Å². The number of anilines is 1. The fourth-order valence-corrected chi connectivity index (χ4v) is 4.00. The average molecular weight is 380 g/mol. The van der Waals surface area contributed by atoms with Crippen molar-refractivity contribution in [2.45, 2.75) is 26.7 Å². The van der Waals surface area contributed by atoms with E-state index in [1.165, 1.54) is 5.69 Å². The zero-order chi connectivity index (χ0) is 19.1. The lowest BCUT2D eigenvalue weighted by Gasteiger charge is -2.23. The molecule has 0 unspecified atom stereocenters. The maximum atomic E-state index is 12.4. The summed E-state index contributed by atoms with van der Waals surface area (Å²) in [6.45, 7) is 6.52. The van der Waals surface area contributed by atoms with Gasteiger partial charge in [0.15, 0.2) is 0 Å². The first-order chi connectivity index (χ1) is 13.2. The first-order valence-corrected chi connectivity index (χ1v) is 10.3. The number of hydrogen-bond donors (Lipinski definition) is 1. The highest BCUT2D eigenvalue weighted by atomic mass is 32.1. The average Bonchev–Trinajstić information content (AvgIpc) is 3.13. The lowest BCUT2D eigenvalue weighted by molar-refractivity contribution is 0.0957. The maximum Gasteiger partial charge on any atom is 0.272 e. The lowest BCUT2D eigenvalue weighted by Crippen LogP contribution is -2.24. The van der Waals surface area contributed by atoms with Crippen LogP contribution in [0.1, 0.15) is 42.6 Å². The summed E-state index contributed by atoms with van der Waals surface area (Å²) < 4.78 is 1.10. The van der Waals surface area contributed by atoms with E-state index in [1.807, 2.05) is 41.8 Å². The first-order valence-electron chi connectivity index (χ1n) is 9.37. The molecule has 3 aromatic rings. The molecule has 2 aromatic carbocycles. The second kappa shape index (κ2) is 9.33. The van der Waals surface area contributed by atoms with Crippen LogP contribution in [-0.2, 0) is 0 Å². The van der Waals surface area contributed by atoms with Gasteiger partial charge in [0.05, 0.1) is 11.8 Å². The molecule has 140 valence electrons. The summed E-state index contributed by atoms with van der Waals surface area (Å²) >= 11 is 1.57. The van der Waals surface area contributed by atoms with E-state index in [2.05, 4.69) is 41.4 Å². The van der Waals surface area contributed by atoms with E-state index in [0.717, 1.165) is 41.6 Å². The standard InChI is InChI=1S/C22H25N3OS/c1-3-13-25(14-4-2)18-11-9-17(10-12-18)15-23-24-22(26)20-16-27-21-8-6-5-7-19(20)21/h5-12,15-16H,3-4,13-14H2,1-2H3,(H,24,26)/b23-15+. The number of carbonyl (C=O) groups is 1. The quantitative estimate of drug-likeness (QED) is 0.427. The van der Waals surface area contributed by atoms with Gasteiger partial charge in [-0.15, -0.1) is 11.3 Å². The zero-order valence-electron chi connectivity index (χ0n) is 15.8. The Kier molecular flexibility index (Phi) is 6.60. The number of nitrogens with zero attached hydrogens (tertiary/aromatic N) is 2. The van der Waals surface area contributed by atoms with Crippen LogP contribution >= 0.6 is 11.3 Å². The number of amides is 1. The van der Waals surface area contributed by atoms with E-state index in [4.69, 9.17) is 0 Å². The third-order valence-corrected chi connectivity index (χ3v) is 5.31. The van der Waals surface area contributed by atoms with Crippen molar-refractivity contribution in [1.29, 1.82) is 0 Å². The molecule has 1 N–H and O–H groups in total. The topological polar surface area (TPSA) is 44.7 Å². The molecule has 0 aliphatic rings. The molecule has 3 rings (SSSR count). The summed E-state index contributed by atoms with van der Waals surface area (Å²) in [6, 6.07) is 16.2. The van der Waals surface area contributed by atoms with Crippen molar-refractivity contribution in [2.24, 2.45) is 5.10 Å². The highest BCUT2D eigenvalue weighted by Gasteiger charge is 2.10. The minimum atomic E-state index is -0.183. The number of carbonyl (C=O) groups excluding carboxylic acids is 1. The molecule has 4 nitrogen and oxygen atoms in total. The molecule has 1 aromatic heterocycles. The molecule has 0 aliphatic heterocycles. The Labute approximate surface area is 164 Å². The number of benzene rings is 2. The third-order valence-electron chi connectivity index (χ3n) is 4.35. The van der Waals surface area contributed by atoms with Crippen LogP contribution in [0.4, 0.5) is 5.69 Å². The van der Waals surface area contributed by atoms with Crippen LogP contribution in [0.3, 0.4) is 0 Å². The van der Waals surface area contributed by atoms with E-state index < -0.39 is 0 Å². The Morgan fingerprint density at radius 2 is 1.78 bits per heavy atom. The second-order valence-electron chi connectivity index (χ2n) is 6.42. The summed E-state index contributed by atoms with van der Waals surface area (Å²) in [5.41, 5.74) is 5.48. The molecule has 27 heavy (non-hydrogen) atoms. The van der Waals surface area contributed by atoms with E-state index in [9.17, 15) is 4.79 Å². The van der Waals surface area contributed by atoms with Crippen LogP contribution in [0.5, 0.6) is 0 Å². The normalized spacial score (nSPS) is 11.2. The molecule has 0 bridgehead atoms. The van der Waals surface area contributed by atoms with Crippen molar-refractivity contribution in [2.75, 3.05) is 18.0 Å². The van der Waals surface area contributed by atoms with E-state index in [0.29, 0.717) is 5.56 Å². The number of fused-ring (bicyclic) bond motifs is 1. The van der Waals surface area contributed by atoms with Gasteiger partial charge in [0, 0.05) is 34.2 Å². The Bertz CT molecular complexity index is 909. The van der Waals surface area contributed by atoms with Crippen LogP contribution in [0.25, 0.3) is 10.1 Å². The molecule has 0 spiro atoms. The summed E-state index contributed by atoms with van der Waals surface area (Å²) in [5.74, 6) is -0.183. The molecular weight excluding hydrogens is 354 g/mol. The lowest BCUT2D eigenvalue weighted by atomic mass is 10.2. The molecular formula is C22H25N3OS.